The average Bonchev–Trinajstić information content (AvgIpc) is 3.40. The van der Waals surface area contributed by atoms with Crippen molar-refractivity contribution in [2.75, 3.05) is 26.3 Å². The molecule has 2 bridgehead atoms. The Morgan fingerprint density at radius 1 is 1.12 bits per heavy atom. The van der Waals surface area contributed by atoms with Gasteiger partial charge in [0.1, 0.15) is 5.76 Å². The van der Waals surface area contributed by atoms with Crippen LogP contribution in [-0.4, -0.2) is 55.3 Å². The Morgan fingerprint density at radius 3 is 2.66 bits per heavy atom. The van der Waals surface area contributed by atoms with Crippen LogP contribution in [0.2, 0.25) is 0 Å². The van der Waals surface area contributed by atoms with Crippen LogP contribution in [0.15, 0.2) is 58.1 Å². The fourth-order valence-corrected chi connectivity index (χ4v) is 5.05. The number of fused-ring (bicyclic) bond motifs is 2. The normalized spacial score (nSPS) is 23.4. The van der Waals surface area contributed by atoms with Crippen molar-refractivity contribution < 1.29 is 9.15 Å². The Balaban J connectivity index is 1.30. The van der Waals surface area contributed by atoms with Crippen LogP contribution in [0.3, 0.4) is 0 Å². The summed E-state index contributed by atoms with van der Waals surface area (Å²) in [6.45, 7) is 6.22. The van der Waals surface area contributed by atoms with Crippen LogP contribution in [0.5, 0.6) is 0 Å². The average molecular weight is 439 g/mol. The van der Waals surface area contributed by atoms with E-state index in [9.17, 15) is 0 Å². The van der Waals surface area contributed by atoms with Gasteiger partial charge in [-0.15, -0.1) is 0 Å². The molecule has 2 unspecified atom stereocenters. The first-order valence-electron chi connectivity index (χ1n) is 12.3. The summed E-state index contributed by atoms with van der Waals surface area (Å²) in [6.07, 6.45) is 8.51. The van der Waals surface area contributed by atoms with Gasteiger partial charge in [-0.2, -0.15) is 0 Å². The molecule has 1 aromatic heterocycles. The summed E-state index contributed by atoms with van der Waals surface area (Å²) in [5.41, 5.74) is 1.42. The number of ether oxygens (including phenoxy) is 1. The van der Waals surface area contributed by atoms with Gasteiger partial charge in [0, 0.05) is 57.4 Å². The number of furan rings is 1. The van der Waals surface area contributed by atoms with Crippen molar-refractivity contribution in [2.45, 2.75) is 70.1 Å². The third kappa shape index (κ3) is 6.59. The van der Waals surface area contributed by atoms with E-state index in [1.807, 2.05) is 19.1 Å². The lowest BCUT2D eigenvalue weighted by Gasteiger charge is -2.39. The maximum absolute atomic E-state index is 5.47. The zero-order valence-electron chi connectivity index (χ0n) is 19.3. The van der Waals surface area contributed by atoms with Crippen LogP contribution in [0.1, 0.15) is 50.4 Å². The van der Waals surface area contributed by atoms with Gasteiger partial charge < -0.3 is 19.8 Å². The molecule has 2 atom stereocenters. The molecule has 0 amide bonds. The highest BCUT2D eigenvalue weighted by Crippen LogP contribution is 2.36. The highest BCUT2D eigenvalue weighted by Gasteiger charge is 2.40. The summed E-state index contributed by atoms with van der Waals surface area (Å²) >= 11 is 0. The molecule has 6 heteroatoms. The molecule has 0 saturated carbocycles. The number of hydrogen-bond donors (Lipinski definition) is 2. The van der Waals surface area contributed by atoms with E-state index in [4.69, 9.17) is 14.1 Å². The smallest absolute Gasteiger partial charge is 0.191 e. The van der Waals surface area contributed by atoms with Crippen LogP contribution in [0, 0.1) is 0 Å². The van der Waals surface area contributed by atoms with E-state index < -0.39 is 0 Å². The summed E-state index contributed by atoms with van der Waals surface area (Å²) in [7, 11) is 0. The van der Waals surface area contributed by atoms with Gasteiger partial charge >= 0.3 is 0 Å². The molecular formula is C26H38N4O2. The van der Waals surface area contributed by atoms with Gasteiger partial charge in [-0.05, 0) is 56.7 Å². The van der Waals surface area contributed by atoms with Crippen LogP contribution in [0.4, 0.5) is 0 Å². The van der Waals surface area contributed by atoms with Gasteiger partial charge in [0.2, 0.25) is 0 Å². The Morgan fingerprint density at radius 2 is 1.94 bits per heavy atom. The molecule has 2 N–H and O–H groups in total. The second-order valence-corrected chi connectivity index (χ2v) is 8.89. The van der Waals surface area contributed by atoms with Crippen LogP contribution >= 0.6 is 0 Å². The fourth-order valence-electron chi connectivity index (χ4n) is 5.05. The molecule has 1 aromatic carbocycles. The second-order valence-electron chi connectivity index (χ2n) is 8.89. The van der Waals surface area contributed by atoms with Crippen molar-refractivity contribution in [3.05, 3.63) is 60.1 Å². The molecule has 2 aliphatic rings. The number of aliphatic imine (C=N–C) groups is 1. The highest BCUT2D eigenvalue weighted by atomic mass is 16.5. The van der Waals surface area contributed by atoms with Crippen molar-refractivity contribution >= 4 is 5.96 Å². The second kappa shape index (κ2) is 12.1. The van der Waals surface area contributed by atoms with Crippen molar-refractivity contribution in [1.82, 2.24) is 15.5 Å². The van der Waals surface area contributed by atoms with E-state index in [0.29, 0.717) is 18.1 Å². The van der Waals surface area contributed by atoms with Gasteiger partial charge in [0.05, 0.1) is 6.26 Å². The summed E-state index contributed by atoms with van der Waals surface area (Å²) in [6, 6.07) is 16.7. The number of hydrogen-bond acceptors (Lipinski definition) is 4. The Kier molecular flexibility index (Phi) is 8.63. The molecule has 0 aliphatic carbocycles. The molecule has 4 rings (SSSR count). The van der Waals surface area contributed by atoms with Gasteiger partial charge in [0.25, 0.3) is 0 Å². The van der Waals surface area contributed by atoms with E-state index in [0.717, 1.165) is 57.4 Å². The Bertz CT molecular complexity index is 794. The van der Waals surface area contributed by atoms with Gasteiger partial charge in [-0.3, -0.25) is 9.89 Å². The van der Waals surface area contributed by atoms with Crippen molar-refractivity contribution in [3.8, 4) is 0 Å². The van der Waals surface area contributed by atoms with E-state index >= 15 is 0 Å². The lowest BCUT2D eigenvalue weighted by Crippen LogP contribution is -2.52. The first-order valence-corrected chi connectivity index (χ1v) is 12.3. The van der Waals surface area contributed by atoms with E-state index in [1.165, 1.54) is 31.2 Å². The number of nitrogens with one attached hydrogen (secondary N) is 2. The van der Waals surface area contributed by atoms with Gasteiger partial charge in [-0.25, -0.2) is 0 Å². The zero-order chi connectivity index (χ0) is 22.0. The summed E-state index contributed by atoms with van der Waals surface area (Å²) in [5, 5.41) is 7.27. The molecule has 174 valence electrons. The third-order valence-corrected chi connectivity index (χ3v) is 6.60. The molecule has 6 nitrogen and oxygen atoms in total. The first-order chi connectivity index (χ1) is 15.8. The maximum Gasteiger partial charge on any atom is 0.191 e. The molecular weight excluding hydrogens is 400 g/mol. The molecule has 32 heavy (non-hydrogen) atoms. The lowest BCUT2D eigenvalue weighted by atomic mass is 9.96. The lowest BCUT2D eigenvalue weighted by molar-refractivity contribution is 0.114. The number of benzene rings is 1. The van der Waals surface area contributed by atoms with Crippen LogP contribution in [-0.2, 0) is 17.7 Å². The van der Waals surface area contributed by atoms with Crippen molar-refractivity contribution in [1.29, 1.82) is 0 Å². The van der Waals surface area contributed by atoms with Gasteiger partial charge in [-0.1, -0.05) is 30.3 Å². The summed E-state index contributed by atoms with van der Waals surface area (Å²) in [4.78, 5) is 7.57. The minimum Gasteiger partial charge on any atom is -0.469 e. The number of guanidine groups is 1. The molecule has 2 fully saturated rings. The number of rotatable bonds is 11. The first kappa shape index (κ1) is 22.9. The Hall–Kier alpha value is -2.31. The van der Waals surface area contributed by atoms with Crippen molar-refractivity contribution in [3.63, 3.8) is 0 Å². The fraction of sp³-hybridized carbons (Fsp3) is 0.577. The molecule has 2 saturated heterocycles. The molecule has 2 aromatic rings. The number of nitrogens with zero attached hydrogens (tertiary/aromatic N) is 2. The standard InChI is InChI=1S/C26H38N4O2/c1-2-31-16-7-14-27-26(28-15-13-25-10-6-17-32-25)29-22-18-23-11-12-24(19-22)30(23)20-21-8-4-3-5-9-21/h3-6,8-10,17,22-24H,2,7,11-16,18-20H2,1H3,(H2,27,28,29). The van der Waals surface area contributed by atoms with E-state index in [1.54, 1.807) is 6.26 Å². The Labute approximate surface area is 192 Å². The minimum atomic E-state index is 0.473. The monoisotopic (exact) mass is 438 g/mol. The molecule has 3 heterocycles. The minimum absolute atomic E-state index is 0.473. The predicted octanol–water partition coefficient (Wildman–Crippen LogP) is 3.98. The maximum atomic E-state index is 5.47. The van der Waals surface area contributed by atoms with Crippen LogP contribution < -0.4 is 10.6 Å². The molecule has 2 aliphatic heterocycles. The highest BCUT2D eigenvalue weighted by molar-refractivity contribution is 5.80. The van der Waals surface area contributed by atoms with Crippen molar-refractivity contribution in [2.24, 2.45) is 4.99 Å². The van der Waals surface area contributed by atoms with E-state index in [2.05, 4.69) is 45.9 Å². The van der Waals surface area contributed by atoms with E-state index in [-0.39, 0.29) is 0 Å². The molecule has 0 spiro atoms. The SMILES string of the molecule is CCOCCCN=C(NCCc1ccco1)NC1CC2CCC(C1)N2Cc1ccccc1. The predicted molar refractivity (Wildman–Crippen MR) is 129 cm³/mol. The van der Waals surface area contributed by atoms with Gasteiger partial charge in [0.15, 0.2) is 5.96 Å². The quantitative estimate of drug-likeness (QED) is 0.316. The third-order valence-electron chi connectivity index (χ3n) is 6.60. The largest absolute Gasteiger partial charge is 0.469 e. The summed E-state index contributed by atoms with van der Waals surface area (Å²) < 4.78 is 10.9. The molecule has 0 radical (unpaired) electrons. The zero-order valence-corrected chi connectivity index (χ0v) is 19.3. The van der Waals surface area contributed by atoms with Crippen LogP contribution in [0.25, 0.3) is 0 Å². The summed E-state index contributed by atoms with van der Waals surface area (Å²) in [5.74, 6) is 1.93. The topological polar surface area (TPSA) is 62.0 Å². The number of piperidine rings is 1.